The molecule has 1 saturated heterocycles. The smallest absolute Gasteiger partial charge is 0.179 e. The van der Waals surface area contributed by atoms with Crippen LogP contribution in [-0.2, 0) is 0 Å². The molecule has 1 aliphatic heterocycles. The van der Waals surface area contributed by atoms with Crippen molar-refractivity contribution >= 4 is 51.5 Å². The fourth-order valence-corrected chi connectivity index (χ4v) is 3.06. The van der Waals surface area contributed by atoms with Crippen molar-refractivity contribution < 1.29 is 0 Å². The Morgan fingerprint density at radius 3 is 3.11 bits per heavy atom. The summed E-state index contributed by atoms with van der Waals surface area (Å²) in [6.07, 6.45) is 5.22. The van der Waals surface area contributed by atoms with Crippen molar-refractivity contribution in [2.45, 2.75) is 0 Å². The zero-order valence-corrected chi connectivity index (χ0v) is 12.5. The van der Waals surface area contributed by atoms with Gasteiger partial charge in [-0.3, -0.25) is 4.90 Å². The third-order valence-corrected chi connectivity index (χ3v) is 4.09. The van der Waals surface area contributed by atoms with E-state index >= 15 is 0 Å². The van der Waals surface area contributed by atoms with Crippen molar-refractivity contribution in [2.75, 3.05) is 24.2 Å². The molecule has 1 aromatic rings. The first kappa shape index (κ1) is 14.2. The monoisotopic (exact) mass is 309 g/mol. The minimum absolute atomic E-state index is 0.369. The Kier molecular flexibility index (Phi) is 5.08. The maximum Gasteiger partial charge on any atom is 0.179 e. The van der Waals surface area contributed by atoms with Gasteiger partial charge in [0.2, 0.25) is 0 Å². The molecule has 0 saturated carbocycles. The molecule has 0 atom stereocenters. The summed E-state index contributed by atoms with van der Waals surface area (Å²) in [4.78, 5) is 6.26. The summed E-state index contributed by atoms with van der Waals surface area (Å²) in [5.74, 6) is 3.45. The van der Waals surface area contributed by atoms with Crippen LogP contribution in [0.15, 0.2) is 29.3 Å². The van der Waals surface area contributed by atoms with E-state index in [0.29, 0.717) is 16.7 Å². The molecule has 19 heavy (non-hydrogen) atoms. The zero-order chi connectivity index (χ0) is 13.7. The van der Waals surface area contributed by atoms with Crippen molar-refractivity contribution in [1.82, 2.24) is 4.90 Å². The molecule has 1 aromatic carbocycles. The Morgan fingerprint density at radius 2 is 2.37 bits per heavy atom. The number of terminal acetylenes is 1. The molecule has 1 heterocycles. The third kappa shape index (κ3) is 3.63. The molecule has 0 unspecified atom stereocenters. The highest BCUT2D eigenvalue weighted by atomic mass is 35.5. The second kappa shape index (κ2) is 6.80. The number of thiocarbonyl (C=S) groups is 1. The minimum atomic E-state index is 0.369. The van der Waals surface area contributed by atoms with E-state index in [9.17, 15) is 0 Å². The number of anilines is 1. The quantitative estimate of drug-likeness (QED) is 0.671. The number of nitrogens with zero attached hydrogens (tertiary/aromatic N) is 2. The van der Waals surface area contributed by atoms with Crippen LogP contribution in [0.5, 0.6) is 0 Å². The van der Waals surface area contributed by atoms with Crippen LogP contribution in [0.2, 0.25) is 5.02 Å². The summed E-state index contributed by atoms with van der Waals surface area (Å²) in [6, 6.07) is 7.49. The second-order valence-electron chi connectivity index (χ2n) is 3.71. The molecule has 0 radical (unpaired) electrons. The lowest BCUT2D eigenvalue weighted by molar-refractivity contribution is 0.685. The van der Waals surface area contributed by atoms with E-state index in [1.807, 2.05) is 29.2 Å². The Labute approximate surface area is 127 Å². The van der Waals surface area contributed by atoms with Crippen LogP contribution >= 0.6 is 35.6 Å². The van der Waals surface area contributed by atoms with Gasteiger partial charge in [-0.05, 0) is 24.4 Å². The highest BCUT2D eigenvalue weighted by Gasteiger charge is 2.23. The number of hydrogen-bond donors (Lipinski definition) is 1. The van der Waals surface area contributed by atoms with Crippen LogP contribution in [0, 0.1) is 12.3 Å². The third-order valence-electron chi connectivity index (χ3n) is 2.44. The molecule has 0 aromatic heterocycles. The van der Waals surface area contributed by atoms with Crippen LogP contribution < -0.4 is 5.32 Å². The predicted molar refractivity (Wildman–Crippen MR) is 88.0 cm³/mol. The van der Waals surface area contributed by atoms with E-state index in [4.69, 9.17) is 30.2 Å². The fourth-order valence-electron chi connectivity index (χ4n) is 1.58. The number of nitrogens with one attached hydrogen (secondary N) is 1. The van der Waals surface area contributed by atoms with Crippen molar-refractivity contribution in [3.05, 3.63) is 29.3 Å². The Balaban J connectivity index is 2.08. The molecule has 2 rings (SSSR count). The van der Waals surface area contributed by atoms with Gasteiger partial charge in [0.1, 0.15) is 6.54 Å². The van der Waals surface area contributed by atoms with Gasteiger partial charge < -0.3 is 5.32 Å². The topological polar surface area (TPSA) is 27.6 Å². The number of halogens is 1. The fraction of sp³-hybridized carbons (Fsp3) is 0.231. The molecule has 1 fully saturated rings. The van der Waals surface area contributed by atoms with Crippen LogP contribution in [0.25, 0.3) is 0 Å². The summed E-state index contributed by atoms with van der Waals surface area (Å²) < 4.78 is 0. The molecule has 0 spiro atoms. The maximum atomic E-state index is 6.09. The number of thioether (sulfide) groups is 1. The summed E-state index contributed by atoms with van der Waals surface area (Å²) in [7, 11) is 0. The van der Waals surface area contributed by atoms with Crippen LogP contribution in [0.1, 0.15) is 0 Å². The number of hydrogen-bond acceptors (Lipinski definition) is 3. The molecule has 0 aliphatic carbocycles. The van der Waals surface area contributed by atoms with Crippen molar-refractivity contribution in [3.63, 3.8) is 0 Å². The molecular weight excluding hydrogens is 298 g/mol. The van der Waals surface area contributed by atoms with Gasteiger partial charge in [0.05, 0.1) is 10.7 Å². The highest BCUT2D eigenvalue weighted by Crippen LogP contribution is 2.23. The maximum absolute atomic E-state index is 6.09. The first-order valence-electron chi connectivity index (χ1n) is 5.66. The number of benzene rings is 1. The lowest BCUT2D eigenvalue weighted by Gasteiger charge is -2.20. The van der Waals surface area contributed by atoms with E-state index in [2.05, 4.69) is 16.2 Å². The average Bonchev–Trinajstić information content (AvgIpc) is 2.87. The Morgan fingerprint density at radius 1 is 1.58 bits per heavy atom. The highest BCUT2D eigenvalue weighted by molar-refractivity contribution is 8.14. The lowest BCUT2D eigenvalue weighted by Crippen LogP contribution is -2.35. The van der Waals surface area contributed by atoms with Gasteiger partial charge in [-0.25, -0.2) is 4.99 Å². The summed E-state index contributed by atoms with van der Waals surface area (Å²) in [6.45, 7) is 1.19. The lowest BCUT2D eigenvalue weighted by atomic mass is 10.3. The minimum Gasteiger partial charge on any atom is -0.331 e. The van der Waals surface area contributed by atoms with Crippen molar-refractivity contribution in [1.29, 1.82) is 0 Å². The average molecular weight is 310 g/mol. The van der Waals surface area contributed by atoms with E-state index < -0.39 is 0 Å². The summed E-state index contributed by atoms with van der Waals surface area (Å²) in [5, 5.41) is 5.23. The Bertz CT molecular complexity index is 551. The molecule has 98 valence electrons. The zero-order valence-electron chi connectivity index (χ0n) is 10.1. The summed E-state index contributed by atoms with van der Waals surface area (Å²) >= 11 is 13.1. The number of para-hydroxylation sites is 1. The number of aliphatic imine (C=N–C) groups is 1. The van der Waals surface area contributed by atoms with E-state index in [-0.39, 0.29) is 0 Å². The summed E-state index contributed by atoms with van der Waals surface area (Å²) in [5.41, 5.74) is 0.794. The molecule has 1 aliphatic rings. The van der Waals surface area contributed by atoms with Gasteiger partial charge in [0.15, 0.2) is 10.3 Å². The number of rotatable bonds is 2. The van der Waals surface area contributed by atoms with Crippen LogP contribution in [-0.4, -0.2) is 34.0 Å². The second-order valence-corrected chi connectivity index (χ2v) is 5.57. The normalized spacial score (nSPS) is 16.4. The largest absolute Gasteiger partial charge is 0.331 e. The standard InChI is InChI=1S/C13H12ClN3S2/c1-2-7-15-13-17(8-9-19-13)12(18)16-11-6-4-3-5-10(11)14/h1,3-6H,7-9H2,(H,16,18). The van der Waals surface area contributed by atoms with Gasteiger partial charge in [-0.15, -0.1) is 6.42 Å². The van der Waals surface area contributed by atoms with Crippen LogP contribution in [0.4, 0.5) is 5.69 Å². The molecule has 0 amide bonds. The van der Waals surface area contributed by atoms with E-state index in [1.165, 1.54) is 0 Å². The van der Waals surface area contributed by atoms with Gasteiger partial charge >= 0.3 is 0 Å². The van der Waals surface area contributed by atoms with E-state index in [1.54, 1.807) is 11.8 Å². The molecule has 1 N–H and O–H groups in total. The van der Waals surface area contributed by atoms with E-state index in [0.717, 1.165) is 23.2 Å². The van der Waals surface area contributed by atoms with Gasteiger partial charge in [0.25, 0.3) is 0 Å². The Hall–Kier alpha value is -1.22. The molecular formula is C13H12ClN3S2. The first-order valence-corrected chi connectivity index (χ1v) is 7.43. The van der Waals surface area contributed by atoms with Gasteiger partial charge in [-0.2, -0.15) is 0 Å². The SMILES string of the molecule is C#CCN=C1SCCN1C(=S)Nc1ccccc1Cl. The van der Waals surface area contributed by atoms with Gasteiger partial charge in [0, 0.05) is 12.3 Å². The predicted octanol–water partition coefficient (Wildman–Crippen LogP) is 3.07. The first-order chi connectivity index (χ1) is 9.22. The molecule has 3 nitrogen and oxygen atoms in total. The van der Waals surface area contributed by atoms with Crippen molar-refractivity contribution in [2.24, 2.45) is 4.99 Å². The molecule has 0 bridgehead atoms. The van der Waals surface area contributed by atoms with Gasteiger partial charge in [-0.1, -0.05) is 41.4 Å². The number of amidine groups is 1. The molecule has 6 heteroatoms. The van der Waals surface area contributed by atoms with Crippen molar-refractivity contribution in [3.8, 4) is 12.3 Å². The van der Waals surface area contributed by atoms with Crippen LogP contribution in [0.3, 0.4) is 0 Å².